The maximum Gasteiger partial charge on any atom is 0.237 e. The lowest BCUT2D eigenvalue weighted by atomic mass is 9.98. The van der Waals surface area contributed by atoms with Crippen LogP contribution >= 0.6 is 0 Å². The molecule has 19 heavy (non-hydrogen) atoms. The van der Waals surface area contributed by atoms with Crippen LogP contribution in [0, 0.1) is 0 Å². The van der Waals surface area contributed by atoms with Crippen LogP contribution in [0.5, 0.6) is 5.75 Å². The Morgan fingerprint density at radius 2 is 2.21 bits per heavy atom. The van der Waals surface area contributed by atoms with Crippen molar-refractivity contribution in [1.29, 1.82) is 0 Å². The Bertz CT molecular complexity index is 473. The van der Waals surface area contributed by atoms with Crippen molar-refractivity contribution in [1.82, 2.24) is 0 Å². The van der Waals surface area contributed by atoms with E-state index in [9.17, 15) is 4.79 Å². The van der Waals surface area contributed by atoms with E-state index in [1.54, 1.807) is 0 Å². The molecule has 1 aromatic rings. The quantitative estimate of drug-likeness (QED) is 0.870. The summed E-state index contributed by atoms with van der Waals surface area (Å²) in [5, 5.41) is 0. The summed E-state index contributed by atoms with van der Waals surface area (Å²) in [5.41, 5.74) is 11.6. The molecule has 4 heteroatoms. The van der Waals surface area contributed by atoms with Crippen LogP contribution < -0.4 is 16.2 Å². The van der Waals surface area contributed by atoms with Crippen molar-refractivity contribution < 1.29 is 9.53 Å². The number of amides is 1. The van der Waals surface area contributed by atoms with E-state index in [1.807, 2.05) is 18.2 Å². The third-order valence-electron chi connectivity index (χ3n) is 3.82. The van der Waals surface area contributed by atoms with Gasteiger partial charge in [0.2, 0.25) is 5.91 Å². The average molecular weight is 262 g/mol. The highest BCUT2D eigenvalue weighted by atomic mass is 16.5. The molecule has 2 unspecified atom stereocenters. The van der Waals surface area contributed by atoms with Crippen LogP contribution in [0.1, 0.15) is 44.6 Å². The van der Waals surface area contributed by atoms with Gasteiger partial charge in [-0.3, -0.25) is 4.79 Å². The lowest BCUT2D eigenvalue weighted by Gasteiger charge is -2.20. The third kappa shape index (κ3) is 3.07. The van der Waals surface area contributed by atoms with Gasteiger partial charge in [0.25, 0.3) is 0 Å². The molecule has 1 aromatic carbocycles. The first-order valence-corrected chi connectivity index (χ1v) is 6.76. The fourth-order valence-corrected chi connectivity index (χ4v) is 2.49. The van der Waals surface area contributed by atoms with Gasteiger partial charge in [0, 0.05) is 6.42 Å². The van der Waals surface area contributed by atoms with E-state index in [1.165, 1.54) is 5.56 Å². The number of nitrogens with two attached hydrogens (primary N) is 2. The van der Waals surface area contributed by atoms with E-state index in [2.05, 4.69) is 19.9 Å². The number of primary amides is 1. The van der Waals surface area contributed by atoms with Gasteiger partial charge in [-0.25, -0.2) is 0 Å². The Balaban J connectivity index is 2.03. The molecule has 0 aliphatic heterocycles. The van der Waals surface area contributed by atoms with Crippen LogP contribution in [0.15, 0.2) is 24.3 Å². The summed E-state index contributed by atoms with van der Waals surface area (Å²) in [6.45, 7) is 4.29. The molecule has 4 N–H and O–H groups in total. The van der Waals surface area contributed by atoms with Crippen molar-refractivity contribution in [2.24, 2.45) is 11.5 Å². The van der Waals surface area contributed by atoms with Gasteiger partial charge in [0.05, 0.1) is 5.54 Å². The van der Waals surface area contributed by atoms with Crippen LogP contribution in [0.2, 0.25) is 0 Å². The molecule has 104 valence electrons. The minimum absolute atomic E-state index is 0.0279. The van der Waals surface area contributed by atoms with Gasteiger partial charge in [-0.2, -0.15) is 0 Å². The van der Waals surface area contributed by atoms with E-state index in [0.29, 0.717) is 18.8 Å². The number of hydrogen-bond donors (Lipinski definition) is 2. The largest absolute Gasteiger partial charge is 0.490 e. The van der Waals surface area contributed by atoms with E-state index in [0.717, 1.165) is 12.2 Å². The standard InChI is InChI=1S/C15H22N2O2/c1-10(2)11-4-3-5-12(8-11)19-13-6-7-15(17,9-13)14(16)18/h3-5,8,10,13H,6-7,9,17H2,1-2H3,(H2,16,18). The number of carbonyl (C=O) groups is 1. The van der Waals surface area contributed by atoms with Crippen LogP contribution in [0.3, 0.4) is 0 Å². The molecule has 1 aliphatic carbocycles. The lowest BCUT2D eigenvalue weighted by Crippen LogP contribution is -2.50. The van der Waals surface area contributed by atoms with Crippen molar-refractivity contribution in [3.05, 3.63) is 29.8 Å². The topological polar surface area (TPSA) is 78.3 Å². The molecule has 0 aromatic heterocycles. The van der Waals surface area contributed by atoms with Crippen LogP contribution in [0.4, 0.5) is 0 Å². The van der Waals surface area contributed by atoms with E-state index in [4.69, 9.17) is 16.2 Å². The molecule has 2 rings (SSSR count). The first-order chi connectivity index (χ1) is 8.90. The lowest BCUT2D eigenvalue weighted by molar-refractivity contribution is -0.123. The van der Waals surface area contributed by atoms with Crippen molar-refractivity contribution in [3.63, 3.8) is 0 Å². The van der Waals surface area contributed by atoms with Gasteiger partial charge < -0.3 is 16.2 Å². The highest BCUT2D eigenvalue weighted by Crippen LogP contribution is 2.31. The normalized spacial score (nSPS) is 26.6. The number of hydrogen-bond acceptors (Lipinski definition) is 3. The molecule has 0 spiro atoms. The maximum absolute atomic E-state index is 11.3. The van der Waals surface area contributed by atoms with Crippen molar-refractivity contribution >= 4 is 5.91 Å². The summed E-state index contributed by atoms with van der Waals surface area (Å²) in [6, 6.07) is 8.06. The first kappa shape index (κ1) is 13.9. The van der Waals surface area contributed by atoms with E-state index in [-0.39, 0.29) is 6.10 Å². The molecule has 0 bridgehead atoms. The molecule has 4 nitrogen and oxygen atoms in total. The third-order valence-corrected chi connectivity index (χ3v) is 3.82. The smallest absolute Gasteiger partial charge is 0.237 e. The summed E-state index contributed by atoms with van der Waals surface area (Å²) in [7, 11) is 0. The number of ether oxygens (including phenoxy) is 1. The molecule has 2 atom stereocenters. The van der Waals surface area contributed by atoms with E-state index < -0.39 is 11.4 Å². The zero-order valence-corrected chi connectivity index (χ0v) is 11.6. The maximum atomic E-state index is 11.3. The summed E-state index contributed by atoms with van der Waals surface area (Å²) in [6.07, 6.45) is 1.83. The molecule has 1 aliphatic rings. The summed E-state index contributed by atoms with van der Waals surface area (Å²) >= 11 is 0. The molecule has 1 amide bonds. The Kier molecular flexibility index (Phi) is 3.80. The zero-order chi connectivity index (χ0) is 14.0. The Morgan fingerprint density at radius 1 is 1.47 bits per heavy atom. The Morgan fingerprint density at radius 3 is 2.79 bits per heavy atom. The van der Waals surface area contributed by atoms with Gasteiger partial charge >= 0.3 is 0 Å². The second-order valence-corrected chi connectivity index (χ2v) is 5.73. The van der Waals surface area contributed by atoms with Gasteiger partial charge in [-0.1, -0.05) is 26.0 Å². The predicted molar refractivity (Wildman–Crippen MR) is 74.9 cm³/mol. The van der Waals surface area contributed by atoms with Crippen LogP contribution in [-0.2, 0) is 4.79 Å². The fourth-order valence-electron chi connectivity index (χ4n) is 2.49. The molecule has 0 saturated heterocycles. The molecule has 0 radical (unpaired) electrons. The zero-order valence-electron chi connectivity index (χ0n) is 11.6. The van der Waals surface area contributed by atoms with Gasteiger partial charge in [-0.05, 0) is 36.5 Å². The minimum Gasteiger partial charge on any atom is -0.490 e. The SMILES string of the molecule is CC(C)c1cccc(OC2CCC(N)(C(N)=O)C2)c1. The van der Waals surface area contributed by atoms with Gasteiger partial charge in [-0.15, -0.1) is 0 Å². The molecule has 0 heterocycles. The van der Waals surface area contributed by atoms with Gasteiger partial charge in [0.1, 0.15) is 11.9 Å². The van der Waals surface area contributed by atoms with Crippen molar-refractivity contribution in [2.75, 3.05) is 0 Å². The number of benzene rings is 1. The minimum atomic E-state index is -0.902. The van der Waals surface area contributed by atoms with Gasteiger partial charge in [0.15, 0.2) is 0 Å². The summed E-state index contributed by atoms with van der Waals surface area (Å²) in [4.78, 5) is 11.3. The second-order valence-electron chi connectivity index (χ2n) is 5.73. The summed E-state index contributed by atoms with van der Waals surface area (Å²) in [5.74, 6) is 0.866. The first-order valence-electron chi connectivity index (χ1n) is 6.76. The molecule has 1 saturated carbocycles. The predicted octanol–water partition coefficient (Wildman–Crippen LogP) is 1.92. The molecule has 1 fully saturated rings. The van der Waals surface area contributed by atoms with Crippen molar-refractivity contribution in [3.8, 4) is 5.75 Å². The number of rotatable bonds is 4. The fraction of sp³-hybridized carbons (Fsp3) is 0.533. The Labute approximate surface area is 114 Å². The number of carbonyl (C=O) groups excluding carboxylic acids is 1. The Hall–Kier alpha value is -1.55. The second kappa shape index (κ2) is 5.21. The van der Waals surface area contributed by atoms with E-state index >= 15 is 0 Å². The summed E-state index contributed by atoms with van der Waals surface area (Å²) < 4.78 is 5.92. The average Bonchev–Trinajstić information content (AvgIpc) is 2.72. The van der Waals surface area contributed by atoms with Crippen LogP contribution in [0.25, 0.3) is 0 Å². The molecular formula is C15H22N2O2. The molecular weight excluding hydrogens is 240 g/mol. The van der Waals surface area contributed by atoms with Crippen LogP contribution in [-0.4, -0.2) is 17.6 Å². The van der Waals surface area contributed by atoms with Crippen molar-refractivity contribution in [2.45, 2.75) is 50.7 Å². The highest BCUT2D eigenvalue weighted by Gasteiger charge is 2.41. The monoisotopic (exact) mass is 262 g/mol. The highest BCUT2D eigenvalue weighted by molar-refractivity contribution is 5.84.